The molecule has 0 saturated heterocycles. The van der Waals surface area contributed by atoms with Crippen LogP contribution < -0.4 is 21.9 Å². The first kappa shape index (κ1) is 15.3. The van der Waals surface area contributed by atoms with Crippen molar-refractivity contribution in [3.8, 4) is 0 Å². The molecule has 1 atom stereocenters. The minimum atomic E-state index is -0.140. The average molecular weight is 330 g/mol. The van der Waals surface area contributed by atoms with E-state index in [1.165, 1.54) is 10.6 Å². The number of carbonyl (C=O) groups is 1. The van der Waals surface area contributed by atoms with Gasteiger partial charge in [0.2, 0.25) is 0 Å². The van der Waals surface area contributed by atoms with Crippen molar-refractivity contribution >= 4 is 17.7 Å². The molecule has 98 valence electrons. The zero-order chi connectivity index (χ0) is 12.1. The van der Waals surface area contributed by atoms with Gasteiger partial charge in [-0.05, 0) is 5.56 Å². The van der Waals surface area contributed by atoms with E-state index >= 15 is 0 Å². The number of nitrogens with one attached hydrogen (secondary N) is 1. The second-order valence-corrected chi connectivity index (χ2v) is 4.90. The average Bonchev–Trinajstić information content (AvgIpc) is 2.74. The van der Waals surface area contributed by atoms with E-state index in [0.29, 0.717) is 13.2 Å². The Morgan fingerprint density at radius 2 is 2.11 bits per heavy atom. The first-order valence-electron chi connectivity index (χ1n) is 5.58. The molecule has 0 spiro atoms. The summed E-state index contributed by atoms with van der Waals surface area (Å²) in [5, 5.41) is 2.10. The summed E-state index contributed by atoms with van der Waals surface area (Å²) in [6.45, 7) is 2.82. The Balaban J connectivity index is 0.00000162. The number of hydrogen-bond acceptors (Lipinski definition) is 3. The van der Waals surface area contributed by atoms with Crippen LogP contribution in [0.25, 0.3) is 0 Å². The highest BCUT2D eigenvalue weighted by Gasteiger charge is 2.21. The van der Waals surface area contributed by atoms with Crippen LogP contribution in [0.5, 0.6) is 0 Å². The van der Waals surface area contributed by atoms with Gasteiger partial charge in [0.1, 0.15) is 18.2 Å². The van der Waals surface area contributed by atoms with Crippen molar-refractivity contribution in [2.24, 2.45) is 0 Å². The van der Waals surface area contributed by atoms with Crippen molar-refractivity contribution < 1.29 is 31.4 Å². The summed E-state index contributed by atoms with van der Waals surface area (Å²) < 4.78 is 5.24. The molecule has 1 aromatic rings. The lowest BCUT2D eigenvalue weighted by Crippen LogP contribution is -3.09. The van der Waals surface area contributed by atoms with Gasteiger partial charge in [0.25, 0.3) is 0 Å². The Morgan fingerprint density at radius 3 is 2.72 bits per heavy atom. The molecule has 5 heteroatoms. The molecule has 0 saturated carbocycles. The molecule has 1 aliphatic heterocycles. The minimum Gasteiger partial charge on any atom is -1.00 e. The van der Waals surface area contributed by atoms with E-state index in [9.17, 15) is 4.79 Å². The number of halogens is 1. The van der Waals surface area contributed by atoms with Gasteiger partial charge < -0.3 is 21.7 Å². The molecule has 1 N–H and O–H groups in total. The van der Waals surface area contributed by atoms with Crippen molar-refractivity contribution in [3.05, 3.63) is 47.0 Å². The first-order valence-corrected chi connectivity index (χ1v) is 6.63. The van der Waals surface area contributed by atoms with E-state index < -0.39 is 0 Å². The summed E-state index contributed by atoms with van der Waals surface area (Å²) in [5.74, 6) is 0.783. The summed E-state index contributed by atoms with van der Waals surface area (Å²) in [7, 11) is 0. The quantitative estimate of drug-likeness (QED) is 0.660. The Kier molecular flexibility index (Phi) is 6.46. The fourth-order valence-electron chi connectivity index (χ4n) is 1.62. The monoisotopic (exact) mass is 329 g/mol. The number of ether oxygens (including phenoxy) is 1. The number of benzene rings is 1. The van der Waals surface area contributed by atoms with E-state index in [-0.39, 0.29) is 23.0 Å². The van der Waals surface area contributed by atoms with Gasteiger partial charge in [-0.25, -0.2) is 4.79 Å². The molecule has 1 unspecified atom stereocenters. The molecular weight excluding hydrogens is 314 g/mol. The molecule has 1 heterocycles. The molecule has 0 aliphatic carbocycles. The zero-order valence-corrected chi connectivity index (χ0v) is 12.6. The molecule has 0 aromatic heterocycles. The molecule has 0 fully saturated rings. The molecule has 0 radical (unpaired) electrons. The maximum absolute atomic E-state index is 11.6. The van der Waals surface area contributed by atoms with Crippen LogP contribution in [0.2, 0.25) is 0 Å². The molecule has 1 aliphatic rings. The van der Waals surface area contributed by atoms with Gasteiger partial charge in [-0.15, -0.1) is 0 Å². The maximum atomic E-state index is 11.6. The number of thioether (sulfide) groups is 1. The standard InChI is InChI=1S/C13H15NO2S.BrH/c1-11-9-17-10-14(11)7-13(15)16-8-12-5-3-2-4-6-12;/h2-6,9H,7-8,10H2,1H3;1H. The Bertz CT molecular complexity index is 422. The maximum Gasteiger partial charge on any atom is 0.362 e. The van der Waals surface area contributed by atoms with Crippen LogP contribution in [0.1, 0.15) is 12.5 Å². The topological polar surface area (TPSA) is 30.7 Å². The van der Waals surface area contributed by atoms with Crippen LogP contribution in [0, 0.1) is 0 Å². The Hall–Kier alpha value is -0.780. The Morgan fingerprint density at radius 1 is 1.39 bits per heavy atom. The van der Waals surface area contributed by atoms with Crippen molar-refractivity contribution in [3.63, 3.8) is 0 Å². The van der Waals surface area contributed by atoms with Crippen molar-refractivity contribution in [2.75, 3.05) is 12.4 Å². The third kappa shape index (κ3) is 4.48. The SMILES string of the molecule is CC1=CSC[NH+]1CC(=O)OCc1ccccc1.[Br-]. The van der Waals surface area contributed by atoms with E-state index in [4.69, 9.17) is 4.74 Å². The lowest BCUT2D eigenvalue weighted by atomic mass is 10.2. The molecule has 0 amide bonds. The highest BCUT2D eigenvalue weighted by Crippen LogP contribution is 2.06. The van der Waals surface area contributed by atoms with E-state index in [1.807, 2.05) is 37.3 Å². The lowest BCUT2D eigenvalue weighted by molar-refractivity contribution is -0.836. The van der Waals surface area contributed by atoms with Gasteiger partial charge >= 0.3 is 5.97 Å². The first-order chi connectivity index (χ1) is 8.25. The highest BCUT2D eigenvalue weighted by molar-refractivity contribution is 8.02. The summed E-state index contributed by atoms with van der Waals surface area (Å²) in [5.41, 5.74) is 2.24. The normalized spacial score (nSPS) is 17.8. The Labute approximate surface area is 122 Å². The second-order valence-electron chi connectivity index (χ2n) is 4.04. The lowest BCUT2D eigenvalue weighted by Gasteiger charge is -2.12. The van der Waals surface area contributed by atoms with Crippen LogP contribution in [0.3, 0.4) is 0 Å². The number of carbonyl (C=O) groups excluding carboxylic acids is 1. The van der Waals surface area contributed by atoms with Gasteiger partial charge in [-0.1, -0.05) is 42.1 Å². The molecule has 3 nitrogen and oxygen atoms in total. The minimum absolute atomic E-state index is 0. The molecule has 0 bridgehead atoms. The van der Waals surface area contributed by atoms with Crippen LogP contribution in [-0.2, 0) is 16.1 Å². The van der Waals surface area contributed by atoms with Crippen molar-refractivity contribution in [1.82, 2.24) is 0 Å². The van der Waals surface area contributed by atoms with Gasteiger partial charge in [0, 0.05) is 12.3 Å². The summed E-state index contributed by atoms with van der Waals surface area (Å²) >= 11 is 1.74. The largest absolute Gasteiger partial charge is 1.00 e. The van der Waals surface area contributed by atoms with Crippen LogP contribution >= 0.6 is 11.8 Å². The van der Waals surface area contributed by atoms with E-state index in [2.05, 4.69) is 5.41 Å². The van der Waals surface area contributed by atoms with Crippen LogP contribution in [0.4, 0.5) is 0 Å². The molecule has 2 rings (SSSR count). The number of rotatable bonds is 4. The third-order valence-electron chi connectivity index (χ3n) is 2.68. The molecule has 1 aromatic carbocycles. The smallest absolute Gasteiger partial charge is 0.362 e. The van der Waals surface area contributed by atoms with Gasteiger partial charge in [-0.2, -0.15) is 0 Å². The zero-order valence-electron chi connectivity index (χ0n) is 10.2. The molecular formula is C13H16BrNO2S. The second kappa shape index (κ2) is 7.61. The predicted octanol–water partition coefficient (Wildman–Crippen LogP) is -1.82. The predicted molar refractivity (Wildman–Crippen MR) is 68.3 cm³/mol. The van der Waals surface area contributed by atoms with E-state index in [0.717, 1.165) is 11.4 Å². The van der Waals surface area contributed by atoms with Gasteiger partial charge in [-0.3, -0.25) is 4.90 Å². The van der Waals surface area contributed by atoms with Gasteiger partial charge in [0.15, 0.2) is 6.54 Å². The summed E-state index contributed by atoms with van der Waals surface area (Å²) in [4.78, 5) is 12.8. The number of quaternary nitrogens is 1. The fraction of sp³-hybridized carbons (Fsp3) is 0.308. The fourth-order valence-corrected chi connectivity index (χ4v) is 2.65. The number of esters is 1. The third-order valence-corrected chi connectivity index (χ3v) is 3.71. The van der Waals surface area contributed by atoms with E-state index in [1.54, 1.807) is 11.8 Å². The highest BCUT2D eigenvalue weighted by atomic mass is 79.9. The summed E-state index contributed by atoms with van der Waals surface area (Å²) in [6, 6.07) is 9.75. The van der Waals surface area contributed by atoms with Gasteiger partial charge in [0.05, 0.1) is 0 Å². The van der Waals surface area contributed by atoms with Crippen molar-refractivity contribution in [2.45, 2.75) is 13.5 Å². The number of allylic oxidation sites excluding steroid dienone is 1. The molecule has 18 heavy (non-hydrogen) atoms. The summed E-state index contributed by atoms with van der Waals surface area (Å²) in [6.07, 6.45) is 0. The van der Waals surface area contributed by atoms with Crippen LogP contribution in [0.15, 0.2) is 41.4 Å². The van der Waals surface area contributed by atoms with Crippen molar-refractivity contribution in [1.29, 1.82) is 0 Å². The number of hydrogen-bond donors (Lipinski definition) is 1. The van der Waals surface area contributed by atoms with Crippen LogP contribution in [-0.4, -0.2) is 18.4 Å².